The summed E-state index contributed by atoms with van der Waals surface area (Å²) < 4.78 is 0.870. The molecule has 1 saturated heterocycles. The zero-order valence-electron chi connectivity index (χ0n) is 10.8. The van der Waals surface area contributed by atoms with Crippen LogP contribution in [0.5, 0.6) is 0 Å². The Morgan fingerprint density at radius 3 is 3.05 bits per heavy atom. The normalized spacial score (nSPS) is 18.2. The number of amides is 1. The van der Waals surface area contributed by atoms with E-state index in [1.165, 1.54) is 35.2 Å². The summed E-state index contributed by atoms with van der Waals surface area (Å²) in [5, 5.41) is 12.5. The Labute approximate surface area is 128 Å². The van der Waals surface area contributed by atoms with E-state index < -0.39 is 4.92 Å². The van der Waals surface area contributed by atoms with Gasteiger partial charge in [-0.15, -0.1) is 11.3 Å². The van der Waals surface area contributed by atoms with Crippen molar-refractivity contribution in [3.8, 4) is 0 Å². The molecule has 2 aromatic rings. The summed E-state index contributed by atoms with van der Waals surface area (Å²) in [5.74, 6) is -0.0179. The van der Waals surface area contributed by atoms with E-state index in [2.05, 4.69) is 4.98 Å². The second-order valence-corrected chi connectivity index (χ2v) is 6.80. The molecule has 0 radical (unpaired) electrons. The molecule has 0 unspecified atom stereocenters. The maximum atomic E-state index is 12.4. The molecule has 1 aromatic heterocycles. The lowest BCUT2D eigenvalue weighted by atomic mass is 10.2. The minimum atomic E-state index is -0.453. The molecule has 21 heavy (non-hydrogen) atoms. The number of benzene rings is 1. The van der Waals surface area contributed by atoms with Crippen LogP contribution in [-0.4, -0.2) is 27.6 Å². The highest BCUT2D eigenvalue weighted by molar-refractivity contribution is 8.02. The standard InChI is InChI=1S/C13H11N3O3S2/c17-12-11(21-13-14-5-7-20-13)4-6-15(12)9-2-1-3-10(8-9)16(18)19/h1-3,5,7-8,11H,4,6H2/t11-/m0/s1. The number of nitrogens with zero attached hydrogens (tertiary/aromatic N) is 3. The zero-order chi connectivity index (χ0) is 14.8. The Morgan fingerprint density at radius 2 is 2.33 bits per heavy atom. The summed E-state index contributed by atoms with van der Waals surface area (Å²) in [6.07, 6.45) is 2.43. The summed E-state index contributed by atoms with van der Waals surface area (Å²) in [4.78, 5) is 28.6. The van der Waals surface area contributed by atoms with Crippen molar-refractivity contribution in [2.24, 2.45) is 0 Å². The number of nitro benzene ring substituents is 1. The Balaban J connectivity index is 1.77. The lowest BCUT2D eigenvalue weighted by Crippen LogP contribution is -2.27. The van der Waals surface area contributed by atoms with Crippen molar-refractivity contribution in [3.05, 3.63) is 46.0 Å². The highest BCUT2D eigenvalue weighted by Gasteiger charge is 2.34. The molecule has 0 bridgehead atoms. The lowest BCUT2D eigenvalue weighted by molar-refractivity contribution is -0.384. The van der Waals surface area contributed by atoms with Gasteiger partial charge in [0.1, 0.15) is 0 Å². The summed E-state index contributed by atoms with van der Waals surface area (Å²) >= 11 is 2.96. The number of anilines is 1. The largest absolute Gasteiger partial charge is 0.311 e. The number of hydrogen-bond acceptors (Lipinski definition) is 6. The van der Waals surface area contributed by atoms with Gasteiger partial charge >= 0.3 is 0 Å². The monoisotopic (exact) mass is 321 g/mol. The van der Waals surface area contributed by atoms with Gasteiger partial charge in [-0.1, -0.05) is 17.8 Å². The van der Waals surface area contributed by atoms with Crippen molar-refractivity contribution in [1.29, 1.82) is 0 Å². The molecule has 0 N–H and O–H groups in total. The quantitative estimate of drug-likeness (QED) is 0.639. The number of thiazole rings is 1. The summed E-state index contributed by atoms with van der Waals surface area (Å²) in [5.41, 5.74) is 0.577. The average Bonchev–Trinajstić information content (AvgIpc) is 3.11. The van der Waals surface area contributed by atoms with Crippen molar-refractivity contribution >= 4 is 40.4 Å². The molecule has 0 saturated carbocycles. The van der Waals surface area contributed by atoms with Gasteiger partial charge < -0.3 is 4.90 Å². The number of rotatable bonds is 4. The summed E-state index contributed by atoms with van der Waals surface area (Å²) in [6, 6.07) is 6.18. The molecular formula is C13H11N3O3S2. The van der Waals surface area contributed by atoms with E-state index >= 15 is 0 Å². The number of thioether (sulfide) groups is 1. The van der Waals surface area contributed by atoms with E-state index in [0.717, 1.165) is 4.34 Å². The average molecular weight is 321 g/mol. The molecule has 6 nitrogen and oxygen atoms in total. The highest BCUT2D eigenvalue weighted by Crippen LogP contribution is 2.34. The van der Waals surface area contributed by atoms with Crippen molar-refractivity contribution in [1.82, 2.24) is 4.98 Å². The van der Waals surface area contributed by atoms with Gasteiger partial charge in [-0.2, -0.15) is 0 Å². The van der Waals surface area contributed by atoms with Gasteiger partial charge in [0.15, 0.2) is 4.34 Å². The van der Waals surface area contributed by atoms with Gasteiger partial charge in [0, 0.05) is 30.3 Å². The molecule has 0 aliphatic carbocycles. The van der Waals surface area contributed by atoms with Crippen molar-refractivity contribution in [2.45, 2.75) is 16.0 Å². The molecule has 2 heterocycles. The minimum Gasteiger partial charge on any atom is -0.311 e. The number of carbonyl (C=O) groups excluding carboxylic acids is 1. The zero-order valence-corrected chi connectivity index (χ0v) is 12.5. The summed E-state index contributed by atoms with van der Waals surface area (Å²) in [7, 11) is 0. The number of aromatic nitrogens is 1. The van der Waals surface area contributed by atoms with Crippen molar-refractivity contribution in [2.75, 3.05) is 11.4 Å². The Hall–Kier alpha value is -1.93. The maximum absolute atomic E-state index is 12.4. The molecule has 1 aromatic carbocycles. The Kier molecular flexibility index (Phi) is 3.89. The third-order valence-electron chi connectivity index (χ3n) is 3.16. The second kappa shape index (κ2) is 5.82. The molecule has 1 amide bonds. The molecule has 1 aliphatic rings. The van der Waals surface area contributed by atoms with E-state index in [-0.39, 0.29) is 16.8 Å². The first-order chi connectivity index (χ1) is 10.1. The van der Waals surface area contributed by atoms with Gasteiger partial charge in [-0.3, -0.25) is 14.9 Å². The van der Waals surface area contributed by atoms with Crippen LogP contribution in [-0.2, 0) is 4.79 Å². The fourth-order valence-corrected chi connectivity index (χ4v) is 4.10. The number of carbonyl (C=O) groups is 1. The third-order valence-corrected chi connectivity index (χ3v) is 5.33. The van der Waals surface area contributed by atoms with Crippen LogP contribution in [0, 0.1) is 10.1 Å². The molecule has 108 valence electrons. The fourth-order valence-electron chi connectivity index (χ4n) is 2.18. The van der Waals surface area contributed by atoms with Gasteiger partial charge in [-0.05, 0) is 12.5 Å². The molecule has 1 atom stereocenters. The Bertz CT molecular complexity index is 675. The van der Waals surface area contributed by atoms with Crippen LogP contribution in [0.4, 0.5) is 11.4 Å². The van der Waals surface area contributed by atoms with E-state index in [1.54, 1.807) is 23.2 Å². The highest BCUT2D eigenvalue weighted by atomic mass is 32.2. The van der Waals surface area contributed by atoms with Crippen LogP contribution >= 0.6 is 23.1 Å². The first-order valence-electron chi connectivity index (χ1n) is 6.27. The van der Waals surface area contributed by atoms with E-state index in [1.807, 2.05) is 5.38 Å². The van der Waals surface area contributed by atoms with Gasteiger partial charge in [0.05, 0.1) is 15.9 Å². The molecule has 8 heteroatoms. The van der Waals surface area contributed by atoms with Crippen molar-refractivity contribution < 1.29 is 9.72 Å². The third kappa shape index (κ3) is 2.91. The minimum absolute atomic E-state index is 0.00340. The van der Waals surface area contributed by atoms with E-state index in [0.29, 0.717) is 18.7 Å². The Morgan fingerprint density at radius 1 is 1.48 bits per heavy atom. The van der Waals surface area contributed by atoms with Gasteiger partial charge in [-0.25, -0.2) is 4.98 Å². The number of nitro groups is 1. The predicted molar refractivity (Wildman–Crippen MR) is 81.8 cm³/mol. The smallest absolute Gasteiger partial charge is 0.271 e. The fraction of sp³-hybridized carbons (Fsp3) is 0.231. The topological polar surface area (TPSA) is 76.3 Å². The van der Waals surface area contributed by atoms with Crippen LogP contribution in [0.25, 0.3) is 0 Å². The molecule has 1 fully saturated rings. The number of hydrogen-bond donors (Lipinski definition) is 0. The maximum Gasteiger partial charge on any atom is 0.271 e. The predicted octanol–water partition coefficient (Wildman–Crippen LogP) is 2.95. The lowest BCUT2D eigenvalue weighted by Gasteiger charge is -2.16. The molecule has 3 rings (SSSR count). The van der Waals surface area contributed by atoms with Crippen LogP contribution in [0.3, 0.4) is 0 Å². The van der Waals surface area contributed by atoms with E-state index in [9.17, 15) is 14.9 Å². The molecule has 1 aliphatic heterocycles. The summed E-state index contributed by atoms with van der Waals surface area (Å²) in [6.45, 7) is 0.572. The second-order valence-electron chi connectivity index (χ2n) is 4.46. The van der Waals surface area contributed by atoms with E-state index in [4.69, 9.17) is 0 Å². The van der Waals surface area contributed by atoms with Crippen LogP contribution in [0.1, 0.15) is 6.42 Å². The first-order valence-corrected chi connectivity index (χ1v) is 8.03. The van der Waals surface area contributed by atoms with Crippen LogP contribution in [0.2, 0.25) is 0 Å². The SMILES string of the molecule is O=C1[C@@H](Sc2nccs2)CCN1c1cccc([N+](=O)[O-])c1. The van der Waals surface area contributed by atoms with Crippen LogP contribution < -0.4 is 4.90 Å². The molecular weight excluding hydrogens is 310 g/mol. The van der Waals surface area contributed by atoms with Crippen molar-refractivity contribution in [3.63, 3.8) is 0 Å². The van der Waals surface area contributed by atoms with Gasteiger partial charge in [0.2, 0.25) is 5.91 Å². The van der Waals surface area contributed by atoms with Gasteiger partial charge in [0.25, 0.3) is 5.69 Å². The first kappa shape index (κ1) is 14.0. The number of non-ortho nitro benzene ring substituents is 1. The van der Waals surface area contributed by atoms with Crippen LogP contribution in [0.15, 0.2) is 40.2 Å². The molecule has 0 spiro atoms.